The van der Waals surface area contributed by atoms with Crippen LogP contribution in [-0.4, -0.2) is 42.4 Å². The second-order valence-electron chi connectivity index (χ2n) is 9.26. The Bertz CT molecular complexity index is 1360. The predicted molar refractivity (Wildman–Crippen MR) is 141 cm³/mol. The van der Waals surface area contributed by atoms with E-state index >= 15 is 0 Å². The molecule has 3 aromatic rings. The summed E-state index contributed by atoms with van der Waals surface area (Å²) < 4.78 is 12.7. The molecule has 9 heteroatoms. The number of rotatable bonds is 7. The van der Waals surface area contributed by atoms with Gasteiger partial charge in [0, 0.05) is 30.4 Å². The molecule has 1 aliphatic heterocycles. The van der Waals surface area contributed by atoms with E-state index in [0.29, 0.717) is 30.3 Å². The molecular weight excluding hydrogens is 458 g/mol. The number of carbonyl (C=O) groups excluding carboxylic acids is 1. The van der Waals surface area contributed by atoms with Gasteiger partial charge in [0.15, 0.2) is 11.5 Å². The third-order valence-electron chi connectivity index (χ3n) is 6.62. The Labute approximate surface area is 210 Å². The summed E-state index contributed by atoms with van der Waals surface area (Å²) in [5.74, 6) is 1.75. The lowest BCUT2D eigenvalue weighted by Gasteiger charge is -2.34. The normalized spacial score (nSPS) is 12.8. The van der Waals surface area contributed by atoms with Crippen LogP contribution in [0.4, 0.5) is 16.3 Å². The number of anilines is 2. The maximum Gasteiger partial charge on any atom is 0.350 e. The number of aryl methyl sites for hydroxylation is 4. The van der Waals surface area contributed by atoms with E-state index in [1.807, 2.05) is 50.8 Å². The Balaban J connectivity index is 1.93. The van der Waals surface area contributed by atoms with Crippen LogP contribution in [0.25, 0.3) is 11.3 Å². The number of nitrogens with one attached hydrogen (secondary N) is 1. The molecular formula is C27H33N5O4. The molecule has 4 rings (SSSR count). The van der Waals surface area contributed by atoms with Crippen LogP contribution in [0.15, 0.2) is 35.1 Å². The number of primary amides is 1. The second kappa shape index (κ2) is 9.93. The minimum absolute atomic E-state index is 0.235. The van der Waals surface area contributed by atoms with E-state index in [-0.39, 0.29) is 18.3 Å². The number of aromatic nitrogens is 2. The van der Waals surface area contributed by atoms with Crippen molar-refractivity contribution in [2.45, 2.75) is 46.7 Å². The van der Waals surface area contributed by atoms with Crippen molar-refractivity contribution in [1.29, 1.82) is 0 Å². The minimum atomic E-state index is -0.604. The molecule has 0 aliphatic carbocycles. The van der Waals surface area contributed by atoms with Crippen LogP contribution in [0.5, 0.6) is 11.5 Å². The molecule has 0 fully saturated rings. The first kappa shape index (κ1) is 25.1. The molecule has 1 aromatic heterocycles. The maximum atomic E-state index is 13.3. The lowest BCUT2D eigenvalue weighted by atomic mass is 9.96. The van der Waals surface area contributed by atoms with Crippen LogP contribution < -0.4 is 31.1 Å². The maximum absolute atomic E-state index is 13.3. The summed E-state index contributed by atoms with van der Waals surface area (Å²) in [7, 11) is 3.20. The van der Waals surface area contributed by atoms with Gasteiger partial charge < -0.3 is 25.4 Å². The number of fused-ring (bicyclic) bond motifs is 3. The quantitative estimate of drug-likeness (QED) is 0.522. The number of nitrogens with two attached hydrogens (primary N) is 1. The number of benzene rings is 2. The van der Waals surface area contributed by atoms with Crippen LogP contribution in [0.3, 0.4) is 0 Å². The lowest BCUT2D eigenvalue weighted by molar-refractivity contribution is 0.248. The van der Waals surface area contributed by atoms with Crippen LogP contribution in [0.1, 0.15) is 29.2 Å². The van der Waals surface area contributed by atoms with Crippen molar-refractivity contribution in [1.82, 2.24) is 14.9 Å². The summed E-state index contributed by atoms with van der Waals surface area (Å²) in [6.07, 6.45) is 0.683. The number of amides is 2. The number of methoxy groups -OCH3 is 2. The van der Waals surface area contributed by atoms with Gasteiger partial charge in [0.05, 0.1) is 26.0 Å². The molecule has 2 heterocycles. The van der Waals surface area contributed by atoms with Crippen molar-refractivity contribution >= 4 is 17.5 Å². The van der Waals surface area contributed by atoms with E-state index in [2.05, 4.69) is 22.4 Å². The third-order valence-corrected chi connectivity index (χ3v) is 6.62. The third kappa shape index (κ3) is 4.60. The molecule has 0 bridgehead atoms. The smallest absolute Gasteiger partial charge is 0.350 e. The molecule has 0 spiro atoms. The molecule has 1 atom stereocenters. The van der Waals surface area contributed by atoms with Crippen molar-refractivity contribution in [3.05, 3.63) is 63.1 Å². The lowest BCUT2D eigenvalue weighted by Crippen LogP contribution is -2.43. The van der Waals surface area contributed by atoms with Crippen molar-refractivity contribution in [3.63, 3.8) is 0 Å². The summed E-state index contributed by atoms with van der Waals surface area (Å²) in [4.78, 5) is 31.3. The van der Waals surface area contributed by atoms with Gasteiger partial charge in [-0.1, -0.05) is 17.7 Å². The zero-order valence-electron chi connectivity index (χ0n) is 21.6. The van der Waals surface area contributed by atoms with Crippen LogP contribution in [0.2, 0.25) is 0 Å². The first-order valence-corrected chi connectivity index (χ1v) is 11.9. The van der Waals surface area contributed by atoms with Crippen LogP contribution >= 0.6 is 0 Å². The Morgan fingerprint density at radius 1 is 1.11 bits per heavy atom. The Morgan fingerprint density at radius 2 is 1.75 bits per heavy atom. The van der Waals surface area contributed by atoms with E-state index in [9.17, 15) is 9.59 Å². The monoisotopic (exact) mass is 491 g/mol. The number of hydrogen-bond acceptors (Lipinski definition) is 6. The van der Waals surface area contributed by atoms with Gasteiger partial charge in [-0.15, -0.1) is 0 Å². The number of ether oxygens (including phenoxy) is 2. The molecule has 2 aromatic carbocycles. The highest BCUT2D eigenvalue weighted by Gasteiger charge is 2.27. The molecule has 1 unspecified atom stereocenters. The molecule has 1 aliphatic rings. The predicted octanol–water partition coefficient (Wildman–Crippen LogP) is 3.60. The molecule has 36 heavy (non-hydrogen) atoms. The molecule has 3 N–H and O–H groups in total. The number of hydrogen-bond donors (Lipinski definition) is 2. The average molecular weight is 492 g/mol. The summed E-state index contributed by atoms with van der Waals surface area (Å²) in [5, 5.41) is 2.69. The van der Waals surface area contributed by atoms with Crippen molar-refractivity contribution in [2.75, 3.05) is 25.7 Å². The van der Waals surface area contributed by atoms with Gasteiger partial charge in [0.1, 0.15) is 5.82 Å². The fourth-order valence-electron chi connectivity index (χ4n) is 5.11. The SMILES string of the molecule is COc1cc2c(cc1OC)-c1cc(N(c3c(C)cc(C)cc3C)C(C)CNC(N)=O)nc(=O)n1CC2. The zero-order chi connectivity index (χ0) is 26.1. The van der Waals surface area contributed by atoms with E-state index in [0.717, 1.165) is 39.2 Å². The van der Waals surface area contributed by atoms with E-state index in [1.165, 1.54) is 0 Å². The highest BCUT2D eigenvalue weighted by molar-refractivity contribution is 5.76. The van der Waals surface area contributed by atoms with Crippen molar-refractivity contribution < 1.29 is 14.3 Å². The second-order valence-corrected chi connectivity index (χ2v) is 9.26. The average Bonchev–Trinajstić information content (AvgIpc) is 2.83. The van der Waals surface area contributed by atoms with Gasteiger partial charge in [0.2, 0.25) is 0 Å². The largest absolute Gasteiger partial charge is 0.493 e. The molecule has 0 radical (unpaired) electrons. The van der Waals surface area contributed by atoms with Gasteiger partial charge in [-0.2, -0.15) is 4.98 Å². The summed E-state index contributed by atoms with van der Waals surface area (Å²) in [6, 6.07) is 9.17. The Morgan fingerprint density at radius 3 is 2.36 bits per heavy atom. The first-order chi connectivity index (χ1) is 17.1. The van der Waals surface area contributed by atoms with Crippen LogP contribution in [0, 0.1) is 20.8 Å². The van der Waals surface area contributed by atoms with Crippen molar-refractivity contribution in [2.24, 2.45) is 5.73 Å². The van der Waals surface area contributed by atoms with Crippen LogP contribution in [-0.2, 0) is 13.0 Å². The topological polar surface area (TPSA) is 112 Å². The van der Waals surface area contributed by atoms with Gasteiger partial charge in [-0.05, 0) is 62.9 Å². The fraction of sp³-hybridized carbons (Fsp3) is 0.370. The van der Waals surface area contributed by atoms with Crippen molar-refractivity contribution in [3.8, 4) is 22.8 Å². The summed E-state index contributed by atoms with van der Waals surface area (Å²) in [6.45, 7) is 8.89. The Hall–Kier alpha value is -4.01. The fourth-order valence-corrected chi connectivity index (χ4v) is 5.11. The molecule has 2 amide bonds. The zero-order valence-corrected chi connectivity index (χ0v) is 21.6. The van der Waals surface area contributed by atoms with Gasteiger partial charge in [-0.3, -0.25) is 4.57 Å². The van der Waals surface area contributed by atoms with E-state index < -0.39 is 6.03 Å². The number of carbonyl (C=O) groups is 1. The van der Waals surface area contributed by atoms with Gasteiger partial charge >= 0.3 is 11.7 Å². The molecule has 0 saturated carbocycles. The summed E-state index contributed by atoms with van der Waals surface area (Å²) >= 11 is 0. The van der Waals surface area contributed by atoms with Gasteiger partial charge in [-0.25, -0.2) is 9.59 Å². The minimum Gasteiger partial charge on any atom is -0.493 e. The van der Waals surface area contributed by atoms with Gasteiger partial charge in [0.25, 0.3) is 0 Å². The standard InChI is InChI=1S/C27H33N5O4/c1-15-9-16(2)25(17(3)10-15)32(18(4)14-29-26(28)33)24-13-21-20-12-23(36-6)22(35-5)11-19(20)7-8-31(21)27(34)30-24/h9-13,18H,7-8,14H2,1-6H3,(H3,28,29,33). The van der Waals surface area contributed by atoms with E-state index in [1.54, 1.807) is 18.8 Å². The molecule has 9 nitrogen and oxygen atoms in total. The summed E-state index contributed by atoms with van der Waals surface area (Å²) in [5.41, 5.74) is 11.9. The first-order valence-electron chi connectivity index (χ1n) is 11.9. The molecule has 0 saturated heterocycles. The number of urea groups is 1. The Kier molecular flexibility index (Phi) is 6.92. The highest BCUT2D eigenvalue weighted by Crippen LogP contribution is 2.40. The number of nitrogens with zero attached hydrogens (tertiary/aromatic N) is 3. The molecule has 190 valence electrons. The highest BCUT2D eigenvalue weighted by atomic mass is 16.5. The van der Waals surface area contributed by atoms with E-state index in [4.69, 9.17) is 15.2 Å².